The van der Waals surface area contributed by atoms with Crippen LogP contribution < -0.4 is 10.9 Å². The van der Waals surface area contributed by atoms with Crippen LogP contribution in [-0.4, -0.2) is 27.0 Å². The second kappa shape index (κ2) is 5.51. The van der Waals surface area contributed by atoms with Gasteiger partial charge in [0, 0.05) is 13.1 Å². The van der Waals surface area contributed by atoms with Gasteiger partial charge in [-0.3, -0.25) is 4.79 Å². The molecule has 1 heterocycles. The Hall–Kier alpha value is -1.07. The maximum Gasteiger partial charge on any atom is 0.291 e. The molecule has 1 saturated carbocycles. The van der Waals surface area contributed by atoms with E-state index in [0.29, 0.717) is 23.2 Å². The summed E-state index contributed by atoms with van der Waals surface area (Å²) in [5.74, 6) is 0.550. The number of hydrogen-bond donors (Lipinski definition) is 2. The summed E-state index contributed by atoms with van der Waals surface area (Å²) in [6, 6.07) is 0. The Bertz CT molecular complexity index is 504. The summed E-state index contributed by atoms with van der Waals surface area (Å²) in [4.78, 5) is 12.3. The van der Waals surface area contributed by atoms with Crippen LogP contribution in [0.1, 0.15) is 33.1 Å². The second-order valence-corrected chi connectivity index (χ2v) is 6.22. The molecule has 1 aromatic rings. The average Bonchev–Trinajstić information content (AvgIpc) is 2.24. The Balaban J connectivity index is 2.16. The van der Waals surface area contributed by atoms with Crippen molar-refractivity contribution in [2.45, 2.75) is 45.3 Å². The van der Waals surface area contributed by atoms with Crippen LogP contribution in [0.5, 0.6) is 0 Å². The minimum Gasteiger partial charge on any atom is -0.389 e. The zero-order valence-electron chi connectivity index (χ0n) is 11.3. The number of aromatic nitrogens is 2. The van der Waals surface area contributed by atoms with Gasteiger partial charge in [0.2, 0.25) is 0 Å². The van der Waals surface area contributed by atoms with Gasteiger partial charge in [0.1, 0.15) is 5.69 Å². The van der Waals surface area contributed by atoms with E-state index in [2.05, 4.69) is 10.4 Å². The summed E-state index contributed by atoms with van der Waals surface area (Å²) in [6.07, 6.45) is 5.03. The van der Waals surface area contributed by atoms with Crippen molar-refractivity contribution < 1.29 is 5.11 Å². The van der Waals surface area contributed by atoms with E-state index in [1.807, 2.05) is 0 Å². The first kappa shape index (κ1) is 14.3. The van der Waals surface area contributed by atoms with Crippen LogP contribution in [0.3, 0.4) is 0 Å². The lowest BCUT2D eigenvalue weighted by Crippen LogP contribution is -2.34. The van der Waals surface area contributed by atoms with Crippen LogP contribution in [0.2, 0.25) is 5.02 Å². The number of nitrogens with zero attached hydrogens (tertiary/aromatic N) is 2. The number of hydrogen-bond acceptors (Lipinski definition) is 4. The molecule has 0 aliphatic heterocycles. The molecule has 0 bridgehead atoms. The van der Waals surface area contributed by atoms with Crippen molar-refractivity contribution in [1.29, 1.82) is 0 Å². The van der Waals surface area contributed by atoms with Gasteiger partial charge >= 0.3 is 0 Å². The van der Waals surface area contributed by atoms with Gasteiger partial charge in [-0.05, 0) is 32.6 Å². The van der Waals surface area contributed by atoms with Crippen molar-refractivity contribution in [2.24, 2.45) is 5.92 Å². The first-order valence-electron chi connectivity index (χ1n) is 6.59. The Morgan fingerprint density at radius 3 is 2.79 bits per heavy atom. The molecule has 1 fully saturated rings. The number of halogens is 1. The molecule has 19 heavy (non-hydrogen) atoms. The maximum atomic E-state index is 12.3. The van der Waals surface area contributed by atoms with E-state index in [1.54, 1.807) is 13.8 Å². The largest absolute Gasteiger partial charge is 0.389 e. The predicted octanol–water partition coefficient (Wildman–Crippen LogP) is 1.88. The third-order valence-corrected chi connectivity index (χ3v) is 3.64. The summed E-state index contributed by atoms with van der Waals surface area (Å²) < 4.78 is 1.46. The molecule has 0 radical (unpaired) electrons. The van der Waals surface area contributed by atoms with Gasteiger partial charge in [-0.1, -0.05) is 18.0 Å². The predicted molar refractivity (Wildman–Crippen MR) is 75.6 cm³/mol. The lowest BCUT2D eigenvalue weighted by atomic mass is 9.85. The lowest BCUT2D eigenvalue weighted by Gasteiger charge is -2.25. The van der Waals surface area contributed by atoms with Gasteiger partial charge in [0.25, 0.3) is 5.56 Å². The van der Waals surface area contributed by atoms with Crippen molar-refractivity contribution in [3.8, 4) is 0 Å². The molecule has 0 spiro atoms. The van der Waals surface area contributed by atoms with E-state index in [0.717, 1.165) is 12.8 Å². The average molecular weight is 286 g/mol. The van der Waals surface area contributed by atoms with E-state index in [4.69, 9.17) is 11.6 Å². The Labute approximate surface area is 117 Å². The molecule has 106 valence electrons. The van der Waals surface area contributed by atoms with Crippen molar-refractivity contribution in [1.82, 2.24) is 9.78 Å². The minimum absolute atomic E-state index is 0.219. The van der Waals surface area contributed by atoms with Crippen LogP contribution in [0.4, 0.5) is 5.69 Å². The molecule has 1 aliphatic rings. The van der Waals surface area contributed by atoms with Crippen molar-refractivity contribution in [3.05, 3.63) is 21.6 Å². The van der Waals surface area contributed by atoms with Gasteiger partial charge in [-0.25, -0.2) is 4.68 Å². The monoisotopic (exact) mass is 285 g/mol. The summed E-state index contributed by atoms with van der Waals surface area (Å²) in [6.45, 7) is 4.24. The van der Waals surface area contributed by atoms with Crippen LogP contribution in [-0.2, 0) is 6.54 Å². The molecular formula is C13H20ClN3O2. The van der Waals surface area contributed by atoms with Crippen LogP contribution in [0.25, 0.3) is 0 Å². The molecule has 0 unspecified atom stereocenters. The molecule has 0 amide bonds. The normalized spacial score (nSPS) is 16.2. The number of anilines is 1. The Morgan fingerprint density at radius 1 is 1.58 bits per heavy atom. The highest BCUT2D eigenvalue weighted by Gasteiger charge is 2.21. The van der Waals surface area contributed by atoms with Crippen molar-refractivity contribution in [2.75, 3.05) is 11.9 Å². The van der Waals surface area contributed by atoms with Crippen LogP contribution >= 0.6 is 11.6 Å². The van der Waals surface area contributed by atoms with E-state index in [9.17, 15) is 9.90 Å². The fourth-order valence-corrected chi connectivity index (χ4v) is 2.17. The molecular weight excluding hydrogens is 266 g/mol. The Kier molecular flexibility index (Phi) is 4.16. The third kappa shape index (κ3) is 3.70. The summed E-state index contributed by atoms with van der Waals surface area (Å²) in [5, 5.41) is 17.0. The van der Waals surface area contributed by atoms with Gasteiger partial charge in [0.15, 0.2) is 0 Å². The fourth-order valence-electron chi connectivity index (χ4n) is 1.98. The molecule has 0 atom stereocenters. The lowest BCUT2D eigenvalue weighted by molar-refractivity contribution is 0.0945. The van der Waals surface area contributed by atoms with Gasteiger partial charge in [-0.2, -0.15) is 5.10 Å². The molecule has 0 saturated heterocycles. The first-order chi connectivity index (χ1) is 8.87. The standard InChI is InChI=1S/C13H20ClN3O2/c1-13(2,19)8-15-11-10(14)6-16-17(12(11)18)7-9-4-3-5-9/h6,9,15,19H,3-5,7-8H2,1-2H3. The molecule has 1 aliphatic carbocycles. The van der Waals surface area contributed by atoms with E-state index in [-0.39, 0.29) is 12.1 Å². The van der Waals surface area contributed by atoms with Gasteiger partial charge < -0.3 is 10.4 Å². The SMILES string of the molecule is CC(C)(O)CNc1c(Cl)cnn(CC2CCC2)c1=O. The zero-order chi connectivity index (χ0) is 14.0. The molecule has 5 nitrogen and oxygen atoms in total. The number of aliphatic hydroxyl groups is 1. The molecule has 6 heteroatoms. The summed E-state index contributed by atoms with van der Waals surface area (Å²) in [5.41, 5.74) is -0.806. The topological polar surface area (TPSA) is 67.2 Å². The molecule has 2 N–H and O–H groups in total. The van der Waals surface area contributed by atoms with E-state index >= 15 is 0 Å². The number of rotatable bonds is 5. The quantitative estimate of drug-likeness (QED) is 0.867. The minimum atomic E-state index is -0.905. The fraction of sp³-hybridized carbons (Fsp3) is 0.692. The maximum absolute atomic E-state index is 12.3. The van der Waals surface area contributed by atoms with Crippen LogP contribution in [0, 0.1) is 5.92 Å². The first-order valence-corrected chi connectivity index (χ1v) is 6.96. The van der Waals surface area contributed by atoms with E-state index in [1.165, 1.54) is 17.3 Å². The number of nitrogens with one attached hydrogen (secondary N) is 1. The molecule has 2 rings (SSSR count). The highest BCUT2D eigenvalue weighted by Crippen LogP contribution is 2.27. The van der Waals surface area contributed by atoms with Crippen molar-refractivity contribution in [3.63, 3.8) is 0 Å². The summed E-state index contributed by atoms with van der Waals surface area (Å²) in [7, 11) is 0. The van der Waals surface area contributed by atoms with Gasteiger partial charge in [-0.15, -0.1) is 0 Å². The Morgan fingerprint density at radius 2 is 2.26 bits per heavy atom. The van der Waals surface area contributed by atoms with Crippen molar-refractivity contribution >= 4 is 17.3 Å². The molecule has 0 aromatic carbocycles. The van der Waals surface area contributed by atoms with Gasteiger partial charge in [0.05, 0.1) is 16.8 Å². The highest BCUT2D eigenvalue weighted by atomic mass is 35.5. The van der Waals surface area contributed by atoms with E-state index < -0.39 is 5.60 Å². The summed E-state index contributed by atoms with van der Waals surface area (Å²) >= 11 is 5.99. The smallest absolute Gasteiger partial charge is 0.291 e. The van der Waals surface area contributed by atoms with Crippen LogP contribution in [0.15, 0.2) is 11.0 Å². The third-order valence-electron chi connectivity index (χ3n) is 3.35. The molecule has 1 aromatic heterocycles. The second-order valence-electron chi connectivity index (χ2n) is 5.82. The zero-order valence-corrected chi connectivity index (χ0v) is 12.1. The highest BCUT2D eigenvalue weighted by molar-refractivity contribution is 6.32.